The van der Waals surface area contributed by atoms with Gasteiger partial charge in [-0.05, 0) is 23.4 Å². The summed E-state index contributed by atoms with van der Waals surface area (Å²) in [5, 5.41) is 0. The first kappa shape index (κ1) is 25.0. The molecule has 0 saturated carbocycles. The maximum Gasteiger partial charge on any atom is 0.338 e. The number of carbonyl (C=O) groups is 1. The zero-order valence-electron chi connectivity index (χ0n) is 20.1. The van der Waals surface area contributed by atoms with E-state index in [1.807, 2.05) is 78.9 Å². The summed E-state index contributed by atoms with van der Waals surface area (Å²) in [4.78, 5) is 13.1. The van der Waals surface area contributed by atoms with Crippen LogP contribution in [0.4, 0.5) is 0 Å². The Labute approximate surface area is 215 Å². The highest BCUT2D eigenvalue weighted by molar-refractivity contribution is 7.99. The highest BCUT2D eigenvalue weighted by Crippen LogP contribution is 2.39. The van der Waals surface area contributed by atoms with Gasteiger partial charge in [-0.15, -0.1) is 11.8 Å². The molecule has 6 atom stereocenters. The lowest BCUT2D eigenvalue weighted by atomic mass is 9.98. The molecule has 3 aromatic carbocycles. The Morgan fingerprint density at radius 3 is 2.25 bits per heavy atom. The number of benzene rings is 3. The molecule has 0 bridgehead atoms. The molecule has 2 saturated heterocycles. The molecule has 2 heterocycles. The fraction of sp³-hybridized carbons (Fsp3) is 0.345. The van der Waals surface area contributed by atoms with Crippen LogP contribution in [0.15, 0.2) is 91.0 Å². The second kappa shape index (κ2) is 12.0. The van der Waals surface area contributed by atoms with Gasteiger partial charge in [0.2, 0.25) is 0 Å². The summed E-state index contributed by atoms with van der Waals surface area (Å²) in [6, 6.07) is 28.7. The van der Waals surface area contributed by atoms with Gasteiger partial charge in [-0.2, -0.15) is 0 Å². The van der Waals surface area contributed by atoms with Gasteiger partial charge < -0.3 is 23.7 Å². The summed E-state index contributed by atoms with van der Waals surface area (Å²) in [5.41, 5.74) is 2.02. The predicted molar refractivity (Wildman–Crippen MR) is 137 cm³/mol. The van der Waals surface area contributed by atoms with Crippen LogP contribution in [-0.2, 0) is 30.3 Å². The maximum absolute atomic E-state index is 13.1. The van der Waals surface area contributed by atoms with Crippen LogP contribution in [0.5, 0.6) is 0 Å². The zero-order valence-corrected chi connectivity index (χ0v) is 20.9. The van der Waals surface area contributed by atoms with Crippen molar-refractivity contribution in [2.45, 2.75) is 49.7 Å². The second-order valence-electron chi connectivity index (χ2n) is 8.67. The van der Waals surface area contributed by atoms with E-state index in [4.69, 9.17) is 23.7 Å². The van der Waals surface area contributed by atoms with Gasteiger partial charge in [0.1, 0.15) is 23.7 Å². The minimum Gasteiger partial charge on any atom is -0.452 e. The Hall–Kier alpha value is -2.68. The molecule has 7 heteroatoms. The van der Waals surface area contributed by atoms with Crippen molar-refractivity contribution in [3.8, 4) is 0 Å². The molecule has 2 aliphatic rings. The van der Waals surface area contributed by atoms with E-state index in [0.717, 1.165) is 16.9 Å². The minimum absolute atomic E-state index is 0.346. The van der Waals surface area contributed by atoms with Crippen molar-refractivity contribution in [2.75, 3.05) is 12.4 Å². The van der Waals surface area contributed by atoms with Gasteiger partial charge in [0.25, 0.3) is 0 Å². The van der Waals surface area contributed by atoms with Crippen LogP contribution < -0.4 is 0 Å². The fourth-order valence-corrected chi connectivity index (χ4v) is 5.42. The Balaban J connectivity index is 1.43. The van der Waals surface area contributed by atoms with Crippen molar-refractivity contribution in [3.05, 3.63) is 108 Å². The average Bonchev–Trinajstić information content (AvgIpc) is 2.94. The molecule has 6 nitrogen and oxygen atoms in total. The molecule has 0 radical (unpaired) electrons. The fourth-order valence-electron chi connectivity index (χ4n) is 4.47. The van der Waals surface area contributed by atoms with E-state index in [-0.39, 0.29) is 6.10 Å². The Morgan fingerprint density at radius 2 is 1.56 bits per heavy atom. The molecule has 188 valence electrons. The number of thioether (sulfide) groups is 1. The van der Waals surface area contributed by atoms with Gasteiger partial charge in [-0.1, -0.05) is 85.8 Å². The van der Waals surface area contributed by atoms with Gasteiger partial charge in [-0.3, -0.25) is 0 Å². The molecule has 36 heavy (non-hydrogen) atoms. The lowest BCUT2D eigenvalue weighted by Crippen LogP contribution is -2.62. The molecule has 2 aliphatic heterocycles. The summed E-state index contributed by atoms with van der Waals surface area (Å²) < 4.78 is 31.5. The number of fused-ring (bicyclic) bond motifs is 1. The van der Waals surface area contributed by atoms with Crippen molar-refractivity contribution in [2.24, 2.45) is 0 Å². The van der Waals surface area contributed by atoms with Crippen molar-refractivity contribution >= 4 is 17.7 Å². The normalized spacial score (nSPS) is 27.7. The van der Waals surface area contributed by atoms with Crippen molar-refractivity contribution in [3.63, 3.8) is 0 Å². The lowest BCUT2D eigenvalue weighted by molar-refractivity contribution is -0.324. The maximum atomic E-state index is 13.1. The summed E-state index contributed by atoms with van der Waals surface area (Å²) in [5.74, 6) is 0.380. The van der Waals surface area contributed by atoms with Crippen LogP contribution >= 0.6 is 11.8 Å². The number of esters is 1. The molecule has 2 fully saturated rings. The molecule has 5 rings (SSSR count). The van der Waals surface area contributed by atoms with Crippen LogP contribution in [0.25, 0.3) is 0 Å². The van der Waals surface area contributed by atoms with Crippen molar-refractivity contribution in [1.82, 2.24) is 0 Å². The molecule has 3 aromatic rings. The molecule has 0 spiro atoms. The van der Waals surface area contributed by atoms with Gasteiger partial charge in [-0.25, -0.2) is 4.79 Å². The van der Waals surface area contributed by atoms with E-state index < -0.39 is 36.0 Å². The first-order valence-corrected chi connectivity index (χ1v) is 13.3. The third-order valence-corrected chi connectivity index (χ3v) is 7.27. The predicted octanol–water partition coefficient (Wildman–Crippen LogP) is 5.39. The van der Waals surface area contributed by atoms with Crippen LogP contribution in [0.3, 0.4) is 0 Å². The number of hydrogen-bond acceptors (Lipinski definition) is 7. The smallest absolute Gasteiger partial charge is 0.338 e. The topological polar surface area (TPSA) is 63.2 Å². The van der Waals surface area contributed by atoms with Gasteiger partial charge in [0.15, 0.2) is 12.4 Å². The first-order chi connectivity index (χ1) is 17.7. The SMILES string of the molecule is CCS[C@@H]1O[C@@H]2COC(c3ccccc3)O[C@H]2[C@H](OCc2ccccc2)[C@H]1OC(=O)c1ccccc1. The quantitative estimate of drug-likeness (QED) is 0.380. The van der Waals surface area contributed by atoms with E-state index in [2.05, 4.69) is 6.92 Å². The third kappa shape index (κ3) is 5.82. The molecule has 0 N–H and O–H groups in total. The number of hydrogen-bond donors (Lipinski definition) is 0. The van der Waals surface area contributed by atoms with Crippen LogP contribution in [0.1, 0.15) is 34.7 Å². The van der Waals surface area contributed by atoms with Crippen molar-refractivity contribution in [1.29, 1.82) is 0 Å². The van der Waals surface area contributed by atoms with E-state index in [1.165, 1.54) is 0 Å². The van der Waals surface area contributed by atoms with Gasteiger partial charge in [0.05, 0.1) is 18.8 Å². The van der Waals surface area contributed by atoms with Gasteiger partial charge in [0, 0.05) is 5.56 Å². The van der Waals surface area contributed by atoms with E-state index in [0.29, 0.717) is 18.8 Å². The Kier molecular flexibility index (Phi) is 8.36. The largest absolute Gasteiger partial charge is 0.452 e. The molecular weight excluding hydrogens is 476 g/mol. The highest BCUT2D eigenvalue weighted by Gasteiger charge is 2.52. The number of rotatable bonds is 8. The van der Waals surface area contributed by atoms with Crippen LogP contribution in [0.2, 0.25) is 0 Å². The van der Waals surface area contributed by atoms with E-state index >= 15 is 0 Å². The van der Waals surface area contributed by atoms with E-state index in [1.54, 1.807) is 23.9 Å². The minimum atomic E-state index is -0.665. The Bertz CT molecular complexity index is 1100. The lowest BCUT2D eigenvalue weighted by Gasteiger charge is -2.48. The Morgan fingerprint density at radius 1 is 0.889 bits per heavy atom. The molecule has 1 unspecified atom stereocenters. The van der Waals surface area contributed by atoms with E-state index in [9.17, 15) is 4.79 Å². The molecule has 0 amide bonds. The first-order valence-electron chi connectivity index (χ1n) is 12.2. The van der Waals surface area contributed by atoms with Crippen LogP contribution in [0, 0.1) is 0 Å². The molecular formula is C29H30O6S. The molecule has 0 aromatic heterocycles. The monoisotopic (exact) mass is 506 g/mol. The summed E-state index contributed by atoms with van der Waals surface area (Å²) in [6.07, 6.45) is -2.59. The number of carbonyl (C=O) groups excluding carboxylic acids is 1. The zero-order chi connectivity index (χ0) is 24.7. The standard InChI is InChI=1S/C29H30O6S/c1-2-36-29-26(34-27(30)21-14-8-4-9-15-21)25(31-18-20-12-6-3-7-13-20)24-23(33-29)19-32-28(35-24)22-16-10-5-11-17-22/h3-17,23-26,28-29H,2,18-19H2,1H3/t23-,24-,25+,26-,28?,29+/m1/s1. The molecule has 0 aliphatic carbocycles. The highest BCUT2D eigenvalue weighted by atomic mass is 32.2. The average molecular weight is 507 g/mol. The van der Waals surface area contributed by atoms with Crippen molar-refractivity contribution < 1.29 is 28.5 Å². The third-order valence-electron chi connectivity index (χ3n) is 6.22. The summed E-state index contributed by atoms with van der Waals surface area (Å²) >= 11 is 1.59. The van der Waals surface area contributed by atoms with Crippen LogP contribution in [-0.4, -0.2) is 48.2 Å². The number of ether oxygens (including phenoxy) is 5. The summed E-state index contributed by atoms with van der Waals surface area (Å²) in [7, 11) is 0. The summed E-state index contributed by atoms with van der Waals surface area (Å²) in [6.45, 7) is 2.77. The van der Waals surface area contributed by atoms with Gasteiger partial charge >= 0.3 is 5.97 Å². The second-order valence-corrected chi connectivity index (χ2v) is 10.0.